The number of hydrogen-bond acceptors (Lipinski definition) is 4. The zero-order valence-electron chi connectivity index (χ0n) is 17.6. The molecule has 0 radical (unpaired) electrons. The first kappa shape index (κ1) is 20.4. The van der Waals surface area contributed by atoms with Gasteiger partial charge in [0.25, 0.3) is 0 Å². The number of benzene rings is 1. The first-order valence-electron chi connectivity index (χ1n) is 11.0. The molecule has 4 aliphatic rings. The number of piperidine rings is 1. The fraction of sp³-hybridized carbons (Fsp3) is 0.591. The van der Waals surface area contributed by atoms with E-state index in [-0.39, 0.29) is 30.0 Å². The normalized spacial score (nSPS) is 24.8. The Morgan fingerprint density at radius 2 is 1.87 bits per heavy atom. The van der Waals surface area contributed by atoms with E-state index in [0.717, 1.165) is 18.4 Å². The number of anilines is 1. The molecule has 0 aromatic heterocycles. The molecule has 8 nitrogen and oxygen atoms in total. The molecular formula is C22H27ClN4O4. The van der Waals surface area contributed by atoms with E-state index >= 15 is 0 Å². The lowest BCUT2D eigenvalue weighted by molar-refractivity contribution is -0.136. The number of nitrogens with zero attached hydrogens (tertiary/aromatic N) is 3. The van der Waals surface area contributed by atoms with Crippen LogP contribution in [0.25, 0.3) is 0 Å². The Hall–Kier alpha value is -2.48. The fourth-order valence-electron chi connectivity index (χ4n) is 4.99. The molecule has 1 aromatic rings. The number of halogens is 1. The third-order valence-electron chi connectivity index (χ3n) is 7.06. The highest BCUT2D eigenvalue weighted by Gasteiger charge is 2.57. The van der Waals surface area contributed by atoms with Gasteiger partial charge in [-0.05, 0) is 43.5 Å². The molecule has 4 amide bonds. The van der Waals surface area contributed by atoms with Gasteiger partial charge in [-0.25, -0.2) is 9.59 Å². The molecule has 166 valence electrons. The van der Waals surface area contributed by atoms with Gasteiger partial charge in [0.2, 0.25) is 5.91 Å². The molecule has 5 rings (SSSR count). The fourth-order valence-corrected chi connectivity index (χ4v) is 5.11. The van der Waals surface area contributed by atoms with E-state index in [2.05, 4.69) is 5.32 Å². The maximum absolute atomic E-state index is 12.9. The molecule has 4 fully saturated rings. The number of amides is 4. The highest BCUT2D eigenvalue weighted by atomic mass is 35.5. The van der Waals surface area contributed by atoms with E-state index in [1.165, 1.54) is 0 Å². The van der Waals surface area contributed by atoms with Crippen molar-refractivity contribution in [1.82, 2.24) is 14.7 Å². The van der Waals surface area contributed by atoms with Crippen LogP contribution in [-0.2, 0) is 9.53 Å². The summed E-state index contributed by atoms with van der Waals surface area (Å²) in [5, 5.41) is 3.59. The Labute approximate surface area is 186 Å². The highest BCUT2D eigenvalue weighted by molar-refractivity contribution is 6.31. The number of fused-ring (bicyclic) bond motifs is 2. The number of aryl methyl sites for hydroxylation is 1. The van der Waals surface area contributed by atoms with Crippen molar-refractivity contribution in [1.29, 1.82) is 0 Å². The van der Waals surface area contributed by atoms with Crippen molar-refractivity contribution in [3.8, 4) is 0 Å². The minimum atomic E-state index is -0.632. The lowest BCUT2D eigenvalue weighted by Gasteiger charge is -2.45. The summed E-state index contributed by atoms with van der Waals surface area (Å²) in [5.74, 6) is 0.431. The number of likely N-dealkylation sites (tertiary alicyclic amines) is 1. The number of ether oxygens (including phenoxy) is 1. The van der Waals surface area contributed by atoms with Crippen molar-refractivity contribution in [2.45, 2.75) is 44.2 Å². The largest absolute Gasteiger partial charge is 0.440 e. The van der Waals surface area contributed by atoms with Gasteiger partial charge in [-0.1, -0.05) is 11.6 Å². The van der Waals surface area contributed by atoms with Gasteiger partial charge in [0.1, 0.15) is 5.60 Å². The van der Waals surface area contributed by atoms with Crippen LogP contribution < -0.4 is 5.32 Å². The number of piperazine rings is 1. The van der Waals surface area contributed by atoms with Gasteiger partial charge in [0, 0.05) is 62.2 Å². The number of rotatable bonds is 2. The van der Waals surface area contributed by atoms with Crippen LogP contribution in [0.15, 0.2) is 18.2 Å². The summed E-state index contributed by atoms with van der Waals surface area (Å²) in [7, 11) is 0. The summed E-state index contributed by atoms with van der Waals surface area (Å²) in [6.07, 6.45) is 2.90. The second-order valence-corrected chi connectivity index (χ2v) is 9.49. The third kappa shape index (κ3) is 3.71. The number of carbonyl (C=O) groups is 3. The second kappa shape index (κ2) is 7.58. The van der Waals surface area contributed by atoms with Gasteiger partial charge in [-0.3, -0.25) is 9.69 Å². The van der Waals surface area contributed by atoms with Crippen LogP contribution in [0.1, 0.15) is 31.2 Å². The van der Waals surface area contributed by atoms with E-state index in [1.54, 1.807) is 21.9 Å². The average Bonchev–Trinajstić information content (AvgIpc) is 3.58. The maximum Gasteiger partial charge on any atom is 0.410 e. The van der Waals surface area contributed by atoms with Crippen LogP contribution in [0.5, 0.6) is 0 Å². The van der Waals surface area contributed by atoms with Gasteiger partial charge >= 0.3 is 12.1 Å². The quantitative estimate of drug-likeness (QED) is 0.756. The summed E-state index contributed by atoms with van der Waals surface area (Å²) in [6.45, 7) is 4.41. The Morgan fingerprint density at radius 3 is 2.55 bits per heavy atom. The van der Waals surface area contributed by atoms with E-state index in [9.17, 15) is 14.4 Å². The minimum Gasteiger partial charge on any atom is -0.440 e. The van der Waals surface area contributed by atoms with Gasteiger partial charge < -0.3 is 19.9 Å². The standard InChI is InChI=1S/C22H27ClN4O4/c1-14-12-16(4-5-17(14)23)24-20(29)26-10-11-27-18(13-26)22(31-21(27)30)6-8-25(9-7-22)19(28)15-2-3-15/h4-5,12,15,18H,2-3,6-11,13H2,1H3,(H,24,29). The lowest BCUT2D eigenvalue weighted by atomic mass is 9.83. The van der Waals surface area contributed by atoms with Gasteiger partial charge in [-0.2, -0.15) is 0 Å². The Morgan fingerprint density at radius 1 is 1.13 bits per heavy atom. The molecule has 1 saturated carbocycles. The topological polar surface area (TPSA) is 82.2 Å². The van der Waals surface area contributed by atoms with E-state index in [4.69, 9.17) is 16.3 Å². The number of carbonyl (C=O) groups excluding carboxylic acids is 3. The van der Waals surface area contributed by atoms with Crippen LogP contribution in [0.3, 0.4) is 0 Å². The summed E-state index contributed by atoms with van der Waals surface area (Å²) in [5.41, 5.74) is 0.952. The highest BCUT2D eigenvalue weighted by Crippen LogP contribution is 2.41. The molecule has 1 aliphatic carbocycles. The second-order valence-electron chi connectivity index (χ2n) is 9.08. The van der Waals surface area contributed by atoms with Crippen molar-refractivity contribution in [3.05, 3.63) is 28.8 Å². The van der Waals surface area contributed by atoms with Crippen molar-refractivity contribution in [3.63, 3.8) is 0 Å². The van der Waals surface area contributed by atoms with Crippen LogP contribution in [0.2, 0.25) is 5.02 Å². The molecule has 1 spiro atoms. The Balaban J connectivity index is 1.26. The molecule has 9 heteroatoms. The Kier molecular flexibility index (Phi) is 5.00. The maximum atomic E-state index is 12.9. The SMILES string of the molecule is Cc1cc(NC(=O)N2CCN3C(=O)OC4(CCN(C(=O)C5CC5)CC4)C3C2)ccc1Cl. The van der Waals surface area contributed by atoms with Gasteiger partial charge in [-0.15, -0.1) is 0 Å². The molecule has 3 saturated heterocycles. The first-order chi connectivity index (χ1) is 14.9. The van der Waals surface area contributed by atoms with Crippen molar-refractivity contribution in [2.75, 3.05) is 38.0 Å². The molecule has 3 heterocycles. The predicted molar refractivity (Wildman–Crippen MR) is 115 cm³/mol. The van der Waals surface area contributed by atoms with Crippen LogP contribution in [0, 0.1) is 12.8 Å². The van der Waals surface area contributed by atoms with Crippen molar-refractivity contribution in [2.24, 2.45) is 5.92 Å². The molecule has 1 aromatic carbocycles. The Bertz CT molecular complexity index is 926. The lowest BCUT2D eigenvalue weighted by Crippen LogP contribution is -2.62. The zero-order chi connectivity index (χ0) is 21.8. The minimum absolute atomic E-state index is 0.190. The zero-order valence-corrected chi connectivity index (χ0v) is 18.4. The number of urea groups is 1. The monoisotopic (exact) mass is 446 g/mol. The third-order valence-corrected chi connectivity index (χ3v) is 7.48. The van der Waals surface area contributed by atoms with Gasteiger partial charge in [0.05, 0.1) is 6.04 Å². The first-order valence-corrected chi connectivity index (χ1v) is 11.3. The number of hydrogen-bond donors (Lipinski definition) is 1. The molecule has 0 bridgehead atoms. The molecule has 31 heavy (non-hydrogen) atoms. The summed E-state index contributed by atoms with van der Waals surface area (Å²) >= 11 is 6.07. The summed E-state index contributed by atoms with van der Waals surface area (Å²) in [6, 6.07) is 4.99. The summed E-state index contributed by atoms with van der Waals surface area (Å²) < 4.78 is 5.89. The molecule has 1 N–H and O–H groups in total. The molecule has 1 unspecified atom stereocenters. The van der Waals surface area contributed by atoms with Crippen LogP contribution in [0.4, 0.5) is 15.3 Å². The van der Waals surface area contributed by atoms with E-state index in [1.807, 2.05) is 17.9 Å². The summed E-state index contributed by atoms with van der Waals surface area (Å²) in [4.78, 5) is 43.3. The average molecular weight is 447 g/mol. The predicted octanol–water partition coefficient (Wildman–Crippen LogP) is 3.09. The van der Waals surface area contributed by atoms with E-state index < -0.39 is 5.60 Å². The molecule has 1 atom stereocenters. The molecule has 3 aliphatic heterocycles. The van der Waals surface area contributed by atoms with Crippen molar-refractivity contribution < 1.29 is 19.1 Å². The van der Waals surface area contributed by atoms with Crippen LogP contribution >= 0.6 is 11.6 Å². The number of nitrogens with one attached hydrogen (secondary N) is 1. The molecular weight excluding hydrogens is 420 g/mol. The van der Waals surface area contributed by atoms with Gasteiger partial charge in [0.15, 0.2) is 0 Å². The van der Waals surface area contributed by atoms with Crippen molar-refractivity contribution >= 4 is 35.3 Å². The smallest absolute Gasteiger partial charge is 0.410 e. The van der Waals surface area contributed by atoms with E-state index in [0.29, 0.717) is 56.3 Å². The van der Waals surface area contributed by atoms with Crippen LogP contribution in [-0.4, -0.2) is 77.1 Å².